The molecule has 82 valence electrons. The Kier molecular flexibility index (Phi) is 3.10. The molecule has 0 aliphatic heterocycles. The largest absolute Gasteiger partial charge is 0.447 e. The van der Waals surface area contributed by atoms with Gasteiger partial charge in [0.2, 0.25) is 0 Å². The van der Waals surface area contributed by atoms with E-state index in [0.29, 0.717) is 17.1 Å². The predicted octanol–water partition coefficient (Wildman–Crippen LogP) is 3.26. The van der Waals surface area contributed by atoms with E-state index in [4.69, 9.17) is 4.42 Å². The fraction of sp³-hybridized carbons (Fsp3) is 0.167. The molecule has 0 fully saturated rings. The van der Waals surface area contributed by atoms with E-state index < -0.39 is 0 Å². The summed E-state index contributed by atoms with van der Waals surface area (Å²) in [5.74, 6) is 0.340. The van der Waals surface area contributed by atoms with Gasteiger partial charge < -0.3 is 4.42 Å². The van der Waals surface area contributed by atoms with Gasteiger partial charge in [-0.1, -0.05) is 0 Å². The number of carbonyl (C=O) groups excluding carboxylic acids is 1. The smallest absolute Gasteiger partial charge is 0.185 e. The molecule has 2 heterocycles. The normalized spacial score (nSPS) is 10.4. The number of aldehydes is 1. The van der Waals surface area contributed by atoms with Crippen LogP contribution >= 0.6 is 11.8 Å². The van der Waals surface area contributed by atoms with Crippen molar-refractivity contribution in [3.8, 4) is 0 Å². The minimum absolute atomic E-state index is 0.340. The van der Waals surface area contributed by atoms with Crippen LogP contribution in [0.3, 0.4) is 0 Å². The van der Waals surface area contributed by atoms with Gasteiger partial charge in [-0.15, -0.1) is 0 Å². The van der Waals surface area contributed by atoms with Crippen LogP contribution in [0.5, 0.6) is 0 Å². The second-order valence-electron chi connectivity index (χ2n) is 3.50. The first-order valence-electron chi connectivity index (χ1n) is 4.85. The van der Waals surface area contributed by atoms with Gasteiger partial charge in [0.25, 0.3) is 0 Å². The molecule has 0 atom stereocenters. The van der Waals surface area contributed by atoms with Crippen LogP contribution in [0.4, 0.5) is 0 Å². The van der Waals surface area contributed by atoms with Crippen molar-refractivity contribution in [3.05, 3.63) is 41.3 Å². The Balaban J connectivity index is 2.22. The van der Waals surface area contributed by atoms with E-state index in [2.05, 4.69) is 4.98 Å². The van der Waals surface area contributed by atoms with Gasteiger partial charge in [0.05, 0.1) is 0 Å². The number of pyridine rings is 1. The molecule has 0 aliphatic carbocycles. The van der Waals surface area contributed by atoms with Gasteiger partial charge in [0, 0.05) is 5.69 Å². The second kappa shape index (κ2) is 4.53. The Morgan fingerprint density at radius 1 is 1.31 bits per heavy atom. The van der Waals surface area contributed by atoms with E-state index in [0.717, 1.165) is 16.3 Å². The maximum Gasteiger partial charge on any atom is 0.185 e. The molecule has 3 nitrogen and oxygen atoms in total. The fourth-order valence-corrected chi connectivity index (χ4v) is 2.33. The van der Waals surface area contributed by atoms with E-state index in [-0.39, 0.29) is 0 Å². The molecule has 0 aliphatic rings. The molecule has 0 saturated heterocycles. The molecule has 0 bridgehead atoms. The molecule has 0 amide bonds. The molecule has 16 heavy (non-hydrogen) atoms. The highest BCUT2D eigenvalue weighted by atomic mass is 32.2. The monoisotopic (exact) mass is 233 g/mol. The molecule has 0 radical (unpaired) electrons. The number of nitrogens with zero attached hydrogens (tertiary/aromatic N) is 1. The standard InChI is InChI=1S/C12H11NO2S/c1-8-5-9(2)13-11(6-8)16-12-4-3-10(7-14)15-12/h3-7H,1-2H3. The number of furan rings is 1. The SMILES string of the molecule is Cc1cc(C)nc(Sc2ccc(C=O)o2)c1. The summed E-state index contributed by atoms with van der Waals surface area (Å²) in [4.78, 5) is 14.8. The van der Waals surface area contributed by atoms with Crippen molar-refractivity contribution in [2.45, 2.75) is 24.0 Å². The van der Waals surface area contributed by atoms with E-state index >= 15 is 0 Å². The van der Waals surface area contributed by atoms with Gasteiger partial charge in [-0.05, 0) is 55.4 Å². The van der Waals surface area contributed by atoms with Crippen LogP contribution in [-0.2, 0) is 0 Å². The van der Waals surface area contributed by atoms with Crippen LogP contribution in [0.15, 0.2) is 38.8 Å². The third-order valence-corrected chi connectivity index (χ3v) is 2.84. The van der Waals surface area contributed by atoms with Crippen LogP contribution in [0.2, 0.25) is 0 Å². The summed E-state index contributed by atoms with van der Waals surface area (Å²) >= 11 is 1.42. The molecule has 4 heteroatoms. The van der Waals surface area contributed by atoms with Gasteiger partial charge in [-0.2, -0.15) is 0 Å². The highest BCUT2D eigenvalue weighted by Gasteiger charge is 2.05. The number of hydrogen-bond acceptors (Lipinski definition) is 4. The average molecular weight is 233 g/mol. The average Bonchev–Trinajstić information content (AvgIpc) is 2.64. The third kappa shape index (κ3) is 2.52. The lowest BCUT2D eigenvalue weighted by Crippen LogP contribution is -1.86. The van der Waals surface area contributed by atoms with E-state index in [1.54, 1.807) is 12.1 Å². The van der Waals surface area contributed by atoms with Crippen molar-refractivity contribution in [3.63, 3.8) is 0 Å². The highest BCUT2D eigenvalue weighted by Crippen LogP contribution is 2.28. The van der Waals surface area contributed by atoms with Gasteiger partial charge in [-0.25, -0.2) is 4.98 Å². The molecular weight excluding hydrogens is 222 g/mol. The first-order valence-corrected chi connectivity index (χ1v) is 5.67. The van der Waals surface area contributed by atoms with Crippen LogP contribution in [0, 0.1) is 13.8 Å². The van der Waals surface area contributed by atoms with E-state index in [9.17, 15) is 4.79 Å². The summed E-state index contributed by atoms with van der Waals surface area (Å²) in [7, 11) is 0. The Bertz CT molecular complexity index is 499. The van der Waals surface area contributed by atoms with Crippen molar-refractivity contribution in [2.75, 3.05) is 0 Å². The number of aryl methyl sites for hydroxylation is 2. The number of carbonyl (C=O) groups is 1. The Labute approximate surface area is 97.9 Å². The van der Waals surface area contributed by atoms with Crippen LogP contribution in [-0.4, -0.2) is 11.3 Å². The van der Waals surface area contributed by atoms with Gasteiger partial charge in [0.15, 0.2) is 17.1 Å². The molecular formula is C12H11NO2S. The predicted molar refractivity (Wildman–Crippen MR) is 61.9 cm³/mol. The van der Waals surface area contributed by atoms with Crippen LogP contribution in [0.25, 0.3) is 0 Å². The lowest BCUT2D eigenvalue weighted by atomic mass is 10.3. The lowest BCUT2D eigenvalue weighted by Gasteiger charge is -2.01. The van der Waals surface area contributed by atoms with Crippen LogP contribution in [0.1, 0.15) is 21.8 Å². The zero-order chi connectivity index (χ0) is 11.5. The lowest BCUT2D eigenvalue weighted by molar-refractivity contribution is 0.109. The minimum Gasteiger partial charge on any atom is -0.447 e. The Morgan fingerprint density at radius 3 is 2.75 bits per heavy atom. The molecule has 0 aromatic carbocycles. The summed E-state index contributed by atoms with van der Waals surface area (Å²) in [6.07, 6.45) is 0.693. The maximum absolute atomic E-state index is 10.5. The topological polar surface area (TPSA) is 43.1 Å². The first-order chi connectivity index (χ1) is 7.67. The van der Waals surface area contributed by atoms with Crippen molar-refractivity contribution in [1.82, 2.24) is 4.98 Å². The number of hydrogen-bond donors (Lipinski definition) is 0. The molecule has 0 unspecified atom stereocenters. The summed E-state index contributed by atoms with van der Waals surface area (Å²) in [5, 5.41) is 1.56. The third-order valence-electron chi connectivity index (χ3n) is 2.00. The zero-order valence-corrected chi connectivity index (χ0v) is 9.88. The zero-order valence-electron chi connectivity index (χ0n) is 9.06. The first kappa shape index (κ1) is 11.0. The van der Waals surface area contributed by atoms with Crippen molar-refractivity contribution >= 4 is 18.0 Å². The Hall–Kier alpha value is -1.55. The van der Waals surface area contributed by atoms with Crippen molar-refractivity contribution < 1.29 is 9.21 Å². The molecule has 2 aromatic rings. The molecule has 0 spiro atoms. The van der Waals surface area contributed by atoms with E-state index in [1.165, 1.54) is 11.8 Å². The second-order valence-corrected chi connectivity index (χ2v) is 4.53. The fourth-order valence-electron chi connectivity index (χ4n) is 1.41. The van der Waals surface area contributed by atoms with Gasteiger partial charge in [-0.3, -0.25) is 4.79 Å². The summed E-state index contributed by atoms with van der Waals surface area (Å²) in [6, 6.07) is 7.43. The minimum atomic E-state index is 0.340. The van der Waals surface area contributed by atoms with Gasteiger partial charge in [0.1, 0.15) is 5.03 Å². The van der Waals surface area contributed by atoms with Crippen molar-refractivity contribution in [1.29, 1.82) is 0 Å². The van der Waals surface area contributed by atoms with Crippen LogP contribution < -0.4 is 0 Å². The summed E-state index contributed by atoms with van der Waals surface area (Å²) in [5.41, 5.74) is 2.14. The number of rotatable bonds is 3. The quantitative estimate of drug-likeness (QED) is 0.763. The molecule has 2 aromatic heterocycles. The highest BCUT2D eigenvalue weighted by molar-refractivity contribution is 7.99. The molecule has 2 rings (SSSR count). The maximum atomic E-state index is 10.5. The molecule has 0 N–H and O–H groups in total. The Morgan fingerprint density at radius 2 is 2.12 bits per heavy atom. The molecule has 0 saturated carbocycles. The van der Waals surface area contributed by atoms with E-state index in [1.807, 2.05) is 26.0 Å². The van der Waals surface area contributed by atoms with Gasteiger partial charge >= 0.3 is 0 Å². The van der Waals surface area contributed by atoms with Crippen molar-refractivity contribution in [2.24, 2.45) is 0 Å². The summed E-state index contributed by atoms with van der Waals surface area (Å²) in [6.45, 7) is 3.98. The summed E-state index contributed by atoms with van der Waals surface area (Å²) < 4.78 is 5.27. The number of aromatic nitrogens is 1.